The fourth-order valence-corrected chi connectivity index (χ4v) is 2.98. The lowest BCUT2D eigenvalue weighted by Crippen LogP contribution is -2.47. The first kappa shape index (κ1) is 17.0. The monoisotopic (exact) mass is 338 g/mol. The molecule has 2 aromatic rings. The zero-order valence-electron chi connectivity index (χ0n) is 14.0. The molecule has 0 spiro atoms. The van der Waals surface area contributed by atoms with Crippen LogP contribution in [-0.4, -0.2) is 41.0 Å². The second-order valence-electron chi connectivity index (χ2n) is 6.01. The van der Waals surface area contributed by atoms with Crippen LogP contribution in [0.4, 0.5) is 10.5 Å². The molecule has 0 saturated carbocycles. The van der Waals surface area contributed by atoms with Gasteiger partial charge in [-0.3, -0.25) is 9.78 Å². The third kappa shape index (κ3) is 4.56. The second kappa shape index (κ2) is 8.28. The van der Waals surface area contributed by atoms with Crippen molar-refractivity contribution < 1.29 is 9.59 Å². The molecule has 2 N–H and O–H groups in total. The van der Waals surface area contributed by atoms with Crippen LogP contribution in [0.3, 0.4) is 0 Å². The summed E-state index contributed by atoms with van der Waals surface area (Å²) in [5.41, 5.74) is 1.67. The summed E-state index contributed by atoms with van der Waals surface area (Å²) in [7, 11) is 0. The smallest absolute Gasteiger partial charge is 0.322 e. The lowest BCUT2D eigenvalue weighted by molar-refractivity contribution is -0.124. The second-order valence-corrected chi connectivity index (χ2v) is 6.01. The average Bonchev–Trinajstić information content (AvgIpc) is 3.13. The number of anilines is 1. The van der Waals surface area contributed by atoms with Crippen LogP contribution in [0.15, 0.2) is 54.7 Å². The van der Waals surface area contributed by atoms with Gasteiger partial charge >= 0.3 is 6.03 Å². The molecule has 3 amide bonds. The van der Waals surface area contributed by atoms with Crippen molar-refractivity contribution in [1.82, 2.24) is 15.2 Å². The summed E-state index contributed by atoms with van der Waals surface area (Å²) in [5.74, 6) is -0.100. The molecule has 1 aromatic heterocycles. The van der Waals surface area contributed by atoms with Crippen LogP contribution in [-0.2, 0) is 11.2 Å². The largest absolute Gasteiger partial charge is 0.354 e. The molecule has 6 heteroatoms. The van der Waals surface area contributed by atoms with Crippen molar-refractivity contribution in [3.05, 3.63) is 60.4 Å². The molecule has 0 bridgehead atoms. The zero-order valence-corrected chi connectivity index (χ0v) is 14.0. The molecule has 0 radical (unpaired) electrons. The summed E-state index contributed by atoms with van der Waals surface area (Å²) >= 11 is 0. The summed E-state index contributed by atoms with van der Waals surface area (Å²) in [5, 5.41) is 5.77. The van der Waals surface area contributed by atoms with Gasteiger partial charge in [0.1, 0.15) is 6.04 Å². The van der Waals surface area contributed by atoms with Crippen LogP contribution < -0.4 is 10.6 Å². The molecule has 1 aliphatic heterocycles. The van der Waals surface area contributed by atoms with Gasteiger partial charge in [-0.05, 0) is 37.1 Å². The number of rotatable bonds is 5. The first-order valence-corrected chi connectivity index (χ1v) is 8.54. The normalized spacial score (nSPS) is 16.5. The quantitative estimate of drug-likeness (QED) is 0.879. The minimum absolute atomic E-state index is 0.100. The highest BCUT2D eigenvalue weighted by Gasteiger charge is 2.33. The van der Waals surface area contributed by atoms with Crippen molar-refractivity contribution in [2.45, 2.75) is 25.3 Å². The number of para-hydroxylation sites is 1. The van der Waals surface area contributed by atoms with Crippen LogP contribution in [0.2, 0.25) is 0 Å². The number of carbonyl (C=O) groups is 2. The number of nitrogens with one attached hydrogen (secondary N) is 2. The van der Waals surface area contributed by atoms with Crippen molar-refractivity contribution in [3.8, 4) is 0 Å². The predicted molar refractivity (Wildman–Crippen MR) is 96.1 cm³/mol. The Kier molecular flexibility index (Phi) is 5.61. The number of aromatic nitrogens is 1. The Morgan fingerprint density at radius 3 is 2.68 bits per heavy atom. The third-order valence-electron chi connectivity index (χ3n) is 4.25. The summed E-state index contributed by atoms with van der Waals surface area (Å²) in [6, 6.07) is 14.4. The van der Waals surface area contributed by atoms with Crippen molar-refractivity contribution in [2.24, 2.45) is 0 Å². The summed E-state index contributed by atoms with van der Waals surface area (Å²) in [6.07, 6.45) is 3.94. The molecular weight excluding hydrogens is 316 g/mol. The van der Waals surface area contributed by atoms with E-state index in [9.17, 15) is 9.59 Å². The Balaban J connectivity index is 1.51. The number of nitrogens with zero attached hydrogens (tertiary/aromatic N) is 2. The highest BCUT2D eigenvalue weighted by Crippen LogP contribution is 2.19. The fraction of sp³-hybridized carbons (Fsp3) is 0.316. The fourth-order valence-electron chi connectivity index (χ4n) is 2.98. The molecule has 0 unspecified atom stereocenters. The number of carbonyl (C=O) groups excluding carboxylic acids is 2. The molecule has 1 fully saturated rings. The van der Waals surface area contributed by atoms with Crippen molar-refractivity contribution >= 4 is 17.6 Å². The minimum atomic E-state index is -0.410. The van der Waals surface area contributed by atoms with E-state index in [0.717, 1.165) is 17.8 Å². The predicted octanol–water partition coefficient (Wildman–Crippen LogP) is 2.44. The van der Waals surface area contributed by atoms with E-state index in [4.69, 9.17) is 0 Å². The van der Waals surface area contributed by atoms with E-state index in [2.05, 4.69) is 15.6 Å². The maximum Gasteiger partial charge on any atom is 0.322 e. The molecular formula is C19H22N4O2. The number of likely N-dealkylation sites (tertiary alicyclic amines) is 1. The molecule has 0 aliphatic carbocycles. The lowest BCUT2D eigenvalue weighted by atomic mass is 10.2. The molecule has 3 rings (SSSR count). The molecule has 130 valence electrons. The van der Waals surface area contributed by atoms with Gasteiger partial charge in [-0.25, -0.2) is 4.79 Å². The van der Waals surface area contributed by atoms with Crippen LogP contribution in [0.25, 0.3) is 0 Å². The number of hydrogen-bond donors (Lipinski definition) is 2. The SMILES string of the molecule is O=C(NCCc1ccccn1)[C@@H]1CCCN1C(=O)Nc1ccccc1. The van der Waals surface area contributed by atoms with Crippen molar-refractivity contribution in [2.75, 3.05) is 18.4 Å². The molecule has 1 saturated heterocycles. The van der Waals surface area contributed by atoms with Gasteiger partial charge in [-0.1, -0.05) is 24.3 Å². The number of urea groups is 1. The lowest BCUT2D eigenvalue weighted by Gasteiger charge is -2.24. The van der Waals surface area contributed by atoms with Gasteiger partial charge in [0.25, 0.3) is 0 Å². The first-order chi connectivity index (χ1) is 12.2. The minimum Gasteiger partial charge on any atom is -0.354 e. The number of amides is 3. The van der Waals surface area contributed by atoms with E-state index in [1.165, 1.54) is 0 Å². The Morgan fingerprint density at radius 1 is 1.12 bits per heavy atom. The van der Waals surface area contributed by atoms with Gasteiger partial charge in [-0.15, -0.1) is 0 Å². The van der Waals surface area contributed by atoms with E-state index in [-0.39, 0.29) is 11.9 Å². The zero-order chi connectivity index (χ0) is 17.5. The van der Waals surface area contributed by atoms with Crippen LogP contribution in [0, 0.1) is 0 Å². The topological polar surface area (TPSA) is 74.3 Å². The molecule has 6 nitrogen and oxygen atoms in total. The maximum absolute atomic E-state index is 12.4. The number of benzene rings is 1. The van der Waals surface area contributed by atoms with Gasteiger partial charge in [0.05, 0.1) is 0 Å². The highest BCUT2D eigenvalue weighted by atomic mass is 16.2. The summed E-state index contributed by atoms with van der Waals surface area (Å²) in [4.78, 5) is 30.8. The van der Waals surface area contributed by atoms with Crippen molar-refractivity contribution in [1.29, 1.82) is 0 Å². The van der Waals surface area contributed by atoms with Crippen molar-refractivity contribution in [3.63, 3.8) is 0 Å². The summed E-state index contributed by atoms with van der Waals surface area (Å²) < 4.78 is 0. The third-order valence-corrected chi connectivity index (χ3v) is 4.25. The molecule has 1 aromatic carbocycles. The van der Waals surface area contributed by atoms with Crippen LogP contribution >= 0.6 is 0 Å². The van der Waals surface area contributed by atoms with E-state index >= 15 is 0 Å². The molecule has 1 atom stereocenters. The number of pyridine rings is 1. The van der Waals surface area contributed by atoms with Gasteiger partial charge < -0.3 is 15.5 Å². The van der Waals surface area contributed by atoms with Crippen LogP contribution in [0.5, 0.6) is 0 Å². The summed E-state index contributed by atoms with van der Waals surface area (Å²) in [6.45, 7) is 1.11. The van der Waals surface area contributed by atoms with E-state index in [1.54, 1.807) is 11.1 Å². The standard InChI is InChI=1S/C19H22N4O2/c24-18(21-13-11-15-7-4-5-12-20-15)17-10-6-14-23(17)19(25)22-16-8-2-1-3-9-16/h1-5,7-9,12,17H,6,10-11,13-14H2,(H,21,24)(H,22,25)/t17-/m0/s1. The van der Waals surface area contributed by atoms with Gasteiger partial charge in [-0.2, -0.15) is 0 Å². The van der Waals surface area contributed by atoms with E-state index in [1.807, 2.05) is 48.5 Å². The van der Waals surface area contributed by atoms with E-state index < -0.39 is 6.04 Å². The Bertz CT molecular complexity index is 706. The molecule has 2 heterocycles. The Hall–Kier alpha value is -2.89. The maximum atomic E-state index is 12.4. The highest BCUT2D eigenvalue weighted by molar-refractivity contribution is 5.94. The van der Waals surface area contributed by atoms with E-state index in [0.29, 0.717) is 25.9 Å². The average molecular weight is 338 g/mol. The first-order valence-electron chi connectivity index (χ1n) is 8.54. The Labute approximate surface area is 147 Å². The van der Waals surface area contributed by atoms with Gasteiger partial charge in [0, 0.05) is 37.1 Å². The number of hydrogen-bond acceptors (Lipinski definition) is 3. The Morgan fingerprint density at radius 2 is 1.92 bits per heavy atom. The molecule has 25 heavy (non-hydrogen) atoms. The molecule has 1 aliphatic rings. The van der Waals surface area contributed by atoms with Crippen LogP contribution in [0.1, 0.15) is 18.5 Å². The van der Waals surface area contributed by atoms with Gasteiger partial charge in [0.15, 0.2) is 0 Å². The van der Waals surface area contributed by atoms with Gasteiger partial charge in [0.2, 0.25) is 5.91 Å².